The SMILES string of the molecule is Cc1cc(C)n2nc(SCc3ccccc3C(=O)NCc3nc4ccccc4[nH]3)nc2n1. The maximum atomic E-state index is 12.9. The molecule has 0 saturated carbocycles. The Morgan fingerprint density at radius 1 is 1.06 bits per heavy atom. The van der Waals surface area contributed by atoms with Crippen LogP contribution in [0.2, 0.25) is 0 Å². The molecule has 0 atom stereocenters. The number of nitrogens with zero attached hydrogens (tertiary/aromatic N) is 5. The highest BCUT2D eigenvalue weighted by Gasteiger charge is 2.14. The molecule has 0 fully saturated rings. The number of hydrogen-bond acceptors (Lipinski definition) is 6. The fraction of sp³-hybridized carbons (Fsp3) is 0.174. The van der Waals surface area contributed by atoms with E-state index in [0.29, 0.717) is 28.8 Å². The Labute approximate surface area is 188 Å². The molecule has 1 amide bonds. The first-order valence-corrected chi connectivity index (χ1v) is 11.2. The lowest BCUT2D eigenvalue weighted by molar-refractivity contribution is 0.0949. The number of amides is 1. The molecule has 3 aromatic heterocycles. The summed E-state index contributed by atoms with van der Waals surface area (Å²) < 4.78 is 1.74. The van der Waals surface area contributed by atoms with Crippen molar-refractivity contribution in [1.82, 2.24) is 34.9 Å². The average molecular weight is 444 g/mol. The van der Waals surface area contributed by atoms with Gasteiger partial charge < -0.3 is 10.3 Å². The summed E-state index contributed by atoms with van der Waals surface area (Å²) in [5.74, 6) is 1.74. The molecule has 0 radical (unpaired) electrons. The van der Waals surface area contributed by atoms with E-state index in [1.54, 1.807) is 4.52 Å². The molecule has 2 N–H and O–H groups in total. The van der Waals surface area contributed by atoms with Crippen LogP contribution >= 0.6 is 11.8 Å². The Kier molecular flexibility index (Phi) is 5.32. The molecule has 5 rings (SSSR count). The lowest BCUT2D eigenvalue weighted by atomic mass is 10.1. The van der Waals surface area contributed by atoms with E-state index in [1.165, 1.54) is 11.8 Å². The molecule has 3 heterocycles. The summed E-state index contributed by atoms with van der Waals surface area (Å²) >= 11 is 1.48. The number of hydrogen-bond donors (Lipinski definition) is 2. The number of para-hydroxylation sites is 2. The monoisotopic (exact) mass is 443 g/mol. The third-order valence-corrected chi connectivity index (χ3v) is 5.96. The summed E-state index contributed by atoms with van der Waals surface area (Å²) in [5.41, 5.74) is 5.27. The summed E-state index contributed by atoms with van der Waals surface area (Å²) in [6.07, 6.45) is 0. The fourth-order valence-electron chi connectivity index (χ4n) is 3.57. The van der Waals surface area contributed by atoms with Crippen molar-refractivity contribution in [1.29, 1.82) is 0 Å². The lowest BCUT2D eigenvalue weighted by Gasteiger charge is -2.08. The van der Waals surface area contributed by atoms with Crippen molar-refractivity contribution in [2.24, 2.45) is 0 Å². The Hall–Kier alpha value is -3.72. The number of fused-ring (bicyclic) bond motifs is 2. The van der Waals surface area contributed by atoms with Crippen molar-refractivity contribution >= 4 is 34.5 Å². The van der Waals surface area contributed by atoms with E-state index in [-0.39, 0.29) is 5.91 Å². The number of aromatic nitrogens is 6. The minimum atomic E-state index is -0.141. The van der Waals surface area contributed by atoms with Crippen LogP contribution in [0.5, 0.6) is 0 Å². The third kappa shape index (κ3) is 4.06. The molecule has 32 heavy (non-hydrogen) atoms. The normalized spacial score (nSPS) is 11.3. The van der Waals surface area contributed by atoms with Crippen LogP contribution in [0, 0.1) is 13.8 Å². The Morgan fingerprint density at radius 3 is 2.75 bits per heavy atom. The molecule has 8 nitrogen and oxygen atoms in total. The standard InChI is InChI=1S/C23H21N7OS/c1-14-11-15(2)30-22(25-14)28-23(29-30)32-13-16-7-3-4-8-17(16)21(31)24-12-20-26-18-9-5-6-10-19(18)27-20/h3-11H,12-13H2,1-2H3,(H,24,31)(H,26,27). The topological polar surface area (TPSA) is 101 Å². The molecule has 0 aliphatic carbocycles. The first kappa shape index (κ1) is 20.2. The number of aromatic amines is 1. The van der Waals surface area contributed by atoms with Crippen LogP contribution in [-0.4, -0.2) is 35.5 Å². The predicted octanol–water partition coefficient (Wildman–Crippen LogP) is 3.84. The van der Waals surface area contributed by atoms with Gasteiger partial charge in [0.25, 0.3) is 11.7 Å². The Balaban J connectivity index is 1.29. The largest absolute Gasteiger partial charge is 0.345 e. The third-order valence-electron chi connectivity index (χ3n) is 5.07. The average Bonchev–Trinajstić information content (AvgIpc) is 3.40. The number of carbonyl (C=O) groups is 1. The lowest BCUT2D eigenvalue weighted by Crippen LogP contribution is -2.24. The molecule has 0 aliphatic rings. The Morgan fingerprint density at radius 2 is 1.88 bits per heavy atom. The zero-order valence-electron chi connectivity index (χ0n) is 17.7. The van der Waals surface area contributed by atoms with Gasteiger partial charge in [0.1, 0.15) is 5.82 Å². The number of imidazole rings is 1. The van der Waals surface area contributed by atoms with Gasteiger partial charge in [-0.1, -0.05) is 42.1 Å². The number of aryl methyl sites for hydroxylation is 2. The summed E-state index contributed by atoms with van der Waals surface area (Å²) in [6.45, 7) is 4.24. The van der Waals surface area contributed by atoms with Crippen LogP contribution in [0.3, 0.4) is 0 Å². The van der Waals surface area contributed by atoms with E-state index in [4.69, 9.17) is 0 Å². The maximum Gasteiger partial charge on any atom is 0.253 e. The van der Waals surface area contributed by atoms with Crippen LogP contribution in [0.15, 0.2) is 59.8 Å². The van der Waals surface area contributed by atoms with Gasteiger partial charge in [0, 0.05) is 22.7 Å². The van der Waals surface area contributed by atoms with Gasteiger partial charge in [-0.05, 0) is 43.7 Å². The molecule has 160 valence electrons. The second kappa shape index (κ2) is 8.43. The highest BCUT2D eigenvalue weighted by atomic mass is 32.2. The minimum Gasteiger partial charge on any atom is -0.345 e. The van der Waals surface area contributed by atoms with E-state index in [1.807, 2.05) is 68.4 Å². The number of rotatable bonds is 6. The van der Waals surface area contributed by atoms with Crippen LogP contribution < -0.4 is 5.32 Å². The van der Waals surface area contributed by atoms with E-state index in [0.717, 1.165) is 33.8 Å². The van der Waals surface area contributed by atoms with Crippen molar-refractivity contribution in [3.8, 4) is 0 Å². The van der Waals surface area contributed by atoms with Crippen LogP contribution in [0.1, 0.15) is 33.1 Å². The molecule has 0 spiro atoms. The highest BCUT2D eigenvalue weighted by Crippen LogP contribution is 2.23. The van der Waals surface area contributed by atoms with Crippen molar-refractivity contribution in [3.05, 3.63) is 82.9 Å². The smallest absolute Gasteiger partial charge is 0.253 e. The van der Waals surface area contributed by atoms with Gasteiger partial charge in [-0.2, -0.15) is 4.98 Å². The molecule has 0 bridgehead atoms. The second-order valence-electron chi connectivity index (χ2n) is 7.47. The number of nitrogens with one attached hydrogen (secondary N) is 2. The predicted molar refractivity (Wildman–Crippen MR) is 124 cm³/mol. The quantitative estimate of drug-likeness (QED) is 0.387. The van der Waals surface area contributed by atoms with Crippen molar-refractivity contribution in [3.63, 3.8) is 0 Å². The summed E-state index contributed by atoms with van der Waals surface area (Å²) in [5, 5.41) is 8.12. The van der Waals surface area contributed by atoms with E-state index < -0.39 is 0 Å². The van der Waals surface area contributed by atoms with Crippen LogP contribution in [0.25, 0.3) is 16.8 Å². The number of benzene rings is 2. The summed E-state index contributed by atoms with van der Waals surface area (Å²) in [7, 11) is 0. The number of carbonyl (C=O) groups excluding carboxylic acids is 1. The number of H-pyrrole nitrogens is 1. The van der Waals surface area contributed by atoms with Gasteiger partial charge in [-0.25, -0.2) is 14.5 Å². The maximum absolute atomic E-state index is 12.9. The molecule has 0 saturated heterocycles. The van der Waals surface area contributed by atoms with E-state index in [9.17, 15) is 4.79 Å². The summed E-state index contributed by atoms with van der Waals surface area (Å²) in [6, 6.07) is 17.3. The van der Waals surface area contributed by atoms with Crippen LogP contribution in [0.4, 0.5) is 0 Å². The van der Waals surface area contributed by atoms with Gasteiger partial charge in [-0.3, -0.25) is 4.79 Å². The molecular weight excluding hydrogens is 422 g/mol. The second-order valence-corrected chi connectivity index (χ2v) is 8.42. The van der Waals surface area contributed by atoms with Gasteiger partial charge >= 0.3 is 0 Å². The molecule has 5 aromatic rings. The molecule has 0 unspecified atom stereocenters. The van der Waals surface area contributed by atoms with Crippen molar-refractivity contribution in [2.75, 3.05) is 0 Å². The van der Waals surface area contributed by atoms with Crippen LogP contribution in [-0.2, 0) is 12.3 Å². The number of thioether (sulfide) groups is 1. The highest BCUT2D eigenvalue weighted by molar-refractivity contribution is 7.98. The van der Waals surface area contributed by atoms with E-state index in [2.05, 4.69) is 30.4 Å². The molecular formula is C23H21N7OS. The zero-order valence-corrected chi connectivity index (χ0v) is 18.5. The molecule has 9 heteroatoms. The van der Waals surface area contributed by atoms with Gasteiger partial charge in [0.15, 0.2) is 0 Å². The zero-order chi connectivity index (χ0) is 22.1. The van der Waals surface area contributed by atoms with Gasteiger partial charge in [0.2, 0.25) is 5.16 Å². The Bertz CT molecular complexity index is 1410. The van der Waals surface area contributed by atoms with Crippen molar-refractivity contribution in [2.45, 2.75) is 31.3 Å². The molecule has 0 aliphatic heterocycles. The van der Waals surface area contributed by atoms with E-state index >= 15 is 0 Å². The van der Waals surface area contributed by atoms with Gasteiger partial charge in [-0.15, -0.1) is 5.10 Å². The van der Waals surface area contributed by atoms with Gasteiger partial charge in [0.05, 0.1) is 17.6 Å². The molecule has 2 aromatic carbocycles. The minimum absolute atomic E-state index is 0.141. The first-order chi connectivity index (χ1) is 15.6. The fourth-order valence-corrected chi connectivity index (χ4v) is 4.39. The first-order valence-electron chi connectivity index (χ1n) is 10.2. The van der Waals surface area contributed by atoms with Crippen molar-refractivity contribution < 1.29 is 4.79 Å². The summed E-state index contributed by atoms with van der Waals surface area (Å²) in [4.78, 5) is 29.6.